The number of imide groups is 1. The first-order chi connectivity index (χ1) is 10.5. The highest BCUT2D eigenvalue weighted by Gasteiger charge is 2.38. The van der Waals surface area contributed by atoms with Crippen LogP contribution in [0.15, 0.2) is 42.5 Å². The van der Waals surface area contributed by atoms with Gasteiger partial charge in [0.05, 0.1) is 28.3 Å². The summed E-state index contributed by atoms with van der Waals surface area (Å²) in [5, 5.41) is 26.7. The van der Waals surface area contributed by atoms with Crippen molar-refractivity contribution in [3.8, 4) is 11.8 Å². The minimum absolute atomic E-state index is 0.00788. The fraction of sp³-hybridized carbons (Fsp3) is 0. The zero-order chi connectivity index (χ0) is 15.9. The third kappa shape index (κ3) is 1.84. The van der Waals surface area contributed by atoms with Gasteiger partial charge in [-0.05, 0) is 30.3 Å². The van der Waals surface area contributed by atoms with Gasteiger partial charge in [-0.3, -0.25) is 15.0 Å². The number of hydrogen-bond acceptors (Lipinski definition) is 5. The molecule has 0 atom stereocenters. The molecule has 106 valence electrons. The van der Waals surface area contributed by atoms with Crippen molar-refractivity contribution in [2.45, 2.75) is 0 Å². The Morgan fingerprint density at radius 3 is 2.18 bits per heavy atom. The number of nitriles is 1. The molecule has 0 spiro atoms. The molecule has 0 fully saturated rings. The van der Waals surface area contributed by atoms with Crippen molar-refractivity contribution in [3.63, 3.8) is 0 Å². The molecule has 0 saturated carbocycles. The Bertz CT molecular complexity index is 845. The second-order valence-corrected chi connectivity index (χ2v) is 4.68. The van der Waals surface area contributed by atoms with Crippen molar-refractivity contribution >= 4 is 17.6 Å². The van der Waals surface area contributed by atoms with Crippen LogP contribution in [0.3, 0.4) is 0 Å². The van der Waals surface area contributed by atoms with Gasteiger partial charge in [0.1, 0.15) is 11.6 Å². The Morgan fingerprint density at radius 1 is 1.09 bits per heavy atom. The number of nitrogens with zero attached hydrogens (tertiary/aromatic N) is 2. The van der Waals surface area contributed by atoms with Gasteiger partial charge in [-0.1, -0.05) is 12.1 Å². The van der Waals surface area contributed by atoms with Crippen LogP contribution in [0.4, 0.5) is 0 Å². The lowest BCUT2D eigenvalue weighted by molar-refractivity contribution is 0.0748. The third-order valence-electron chi connectivity index (χ3n) is 3.40. The van der Waals surface area contributed by atoms with Crippen LogP contribution < -0.4 is 0 Å². The van der Waals surface area contributed by atoms with Crippen molar-refractivity contribution < 1.29 is 14.7 Å². The van der Waals surface area contributed by atoms with E-state index in [4.69, 9.17) is 10.7 Å². The van der Waals surface area contributed by atoms with E-state index in [9.17, 15) is 14.7 Å². The number of phenolic OH excluding ortho intramolecular Hbond substituents is 1. The maximum atomic E-state index is 12.3. The van der Waals surface area contributed by atoms with Crippen molar-refractivity contribution in [1.82, 2.24) is 4.90 Å². The van der Waals surface area contributed by atoms with Crippen molar-refractivity contribution in [3.05, 3.63) is 64.7 Å². The molecule has 0 aromatic heterocycles. The van der Waals surface area contributed by atoms with Crippen molar-refractivity contribution in [2.75, 3.05) is 0 Å². The summed E-state index contributed by atoms with van der Waals surface area (Å²) in [4.78, 5) is 25.3. The number of rotatable bonds is 1. The standard InChI is InChI=1S/C16H9N3O3/c17-8-9-5-6-12(13(20)7-9)14(18)19-15(21)10-3-1-2-4-11(10)16(19)22/h1-7,18,20H. The summed E-state index contributed by atoms with van der Waals surface area (Å²) in [5.41, 5.74) is 0.681. The summed E-state index contributed by atoms with van der Waals surface area (Å²) in [6, 6.07) is 12.1. The van der Waals surface area contributed by atoms with Gasteiger partial charge in [0.25, 0.3) is 11.8 Å². The normalized spacial score (nSPS) is 13.0. The maximum Gasteiger partial charge on any atom is 0.267 e. The Morgan fingerprint density at radius 2 is 1.68 bits per heavy atom. The van der Waals surface area contributed by atoms with E-state index in [1.165, 1.54) is 30.3 Å². The van der Waals surface area contributed by atoms with Crippen LogP contribution in [0.25, 0.3) is 0 Å². The Labute approximate surface area is 125 Å². The summed E-state index contributed by atoms with van der Waals surface area (Å²) >= 11 is 0. The third-order valence-corrected chi connectivity index (χ3v) is 3.40. The average molecular weight is 291 g/mol. The Balaban J connectivity index is 2.03. The van der Waals surface area contributed by atoms with Gasteiger partial charge in [-0.15, -0.1) is 0 Å². The fourth-order valence-corrected chi connectivity index (χ4v) is 2.31. The number of hydrogen-bond donors (Lipinski definition) is 2. The summed E-state index contributed by atoms with van der Waals surface area (Å²) in [6.07, 6.45) is 0. The first-order valence-electron chi connectivity index (χ1n) is 6.34. The molecule has 0 bridgehead atoms. The van der Waals surface area contributed by atoms with E-state index >= 15 is 0 Å². The SMILES string of the molecule is N#Cc1ccc(C(=N)N2C(=O)c3ccccc3C2=O)c(O)c1. The topological polar surface area (TPSA) is 105 Å². The van der Waals surface area contributed by atoms with E-state index in [1.807, 2.05) is 6.07 Å². The lowest BCUT2D eigenvalue weighted by Gasteiger charge is -2.16. The highest BCUT2D eigenvalue weighted by molar-refractivity contribution is 6.31. The zero-order valence-corrected chi connectivity index (χ0v) is 11.2. The highest BCUT2D eigenvalue weighted by Crippen LogP contribution is 2.27. The molecule has 1 aliphatic heterocycles. The lowest BCUT2D eigenvalue weighted by atomic mass is 10.1. The molecule has 1 heterocycles. The van der Waals surface area contributed by atoms with E-state index < -0.39 is 17.6 Å². The minimum atomic E-state index is -0.602. The van der Waals surface area contributed by atoms with Crippen molar-refractivity contribution in [1.29, 1.82) is 10.7 Å². The zero-order valence-electron chi connectivity index (χ0n) is 11.2. The molecule has 3 rings (SSSR count). The number of nitrogens with one attached hydrogen (secondary N) is 1. The molecule has 0 aliphatic carbocycles. The van der Waals surface area contributed by atoms with Crippen LogP contribution in [0.2, 0.25) is 0 Å². The minimum Gasteiger partial charge on any atom is -0.507 e. The number of aromatic hydroxyl groups is 1. The maximum absolute atomic E-state index is 12.3. The molecule has 0 radical (unpaired) electrons. The van der Waals surface area contributed by atoms with Gasteiger partial charge in [-0.25, -0.2) is 4.90 Å². The van der Waals surface area contributed by atoms with E-state index in [-0.39, 0.29) is 28.0 Å². The van der Waals surface area contributed by atoms with Crippen LogP contribution in [-0.4, -0.2) is 27.7 Å². The molecule has 6 heteroatoms. The molecule has 2 aromatic rings. The van der Waals surface area contributed by atoms with Gasteiger partial charge in [0, 0.05) is 0 Å². The quantitative estimate of drug-likeness (QED) is 0.475. The molecule has 2 amide bonds. The molecule has 0 unspecified atom stereocenters. The Kier molecular flexibility index (Phi) is 2.96. The number of phenols is 1. The first-order valence-corrected chi connectivity index (χ1v) is 6.34. The molecule has 22 heavy (non-hydrogen) atoms. The van der Waals surface area contributed by atoms with Crippen molar-refractivity contribution in [2.24, 2.45) is 0 Å². The average Bonchev–Trinajstić information content (AvgIpc) is 2.78. The largest absolute Gasteiger partial charge is 0.507 e. The van der Waals surface area contributed by atoms with Gasteiger partial charge in [0.2, 0.25) is 0 Å². The second kappa shape index (κ2) is 4.82. The number of fused-ring (bicyclic) bond motifs is 1. The molecular weight excluding hydrogens is 282 g/mol. The van der Waals surface area contributed by atoms with E-state index in [0.29, 0.717) is 4.90 Å². The number of carbonyl (C=O) groups is 2. The number of amidine groups is 1. The molecular formula is C16H9N3O3. The van der Waals surface area contributed by atoms with Crippen LogP contribution in [0.1, 0.15) is 31.8 Å². The molecule has 0 saturated heterocycles. The summed E-state index contributed by atoms with van der Waals surface area (Å²) in [7, 11) is 0. The van der Waals surface area contributed by atoms with Gasteiger partial charge >= 0.3 is 0 Å². The lowest BCUT2D eigenvalue weighted by Crippen LogP contribution is -2.36. The van der Waals surface area contributed by atoms with Crippen LogP contribution in [0.5, 0.6) is 5.75 Å². The second-order valence-electron chi connectivity index (χ2n) is 4.68. The predicted molar refractivity (Wildman–Crippen MR) is 76.6 cm³/mol. The first kappa shape index (κ1) is 13.5. The summed E-state index contributed by atoms with van der Waals surface area (Å²) < 4.78 is 0. The monoisotopic (exact) mass is 291 g/mol. The van der Waals surface area contributed by atoms with E-state index in [2.05, 4.69) is 0 Å². The number of carbonyl (C=O) groups excluding carboxylic acids is 2. The fourth-order valence-electron chi connectivity index (χ4n) is 2.31. The summed E-state index contributed by atoms with van der Waals surface area (Å²) in [5.74, 6) is -1.96. The molecule has 2 N–H and O–H groups in total. The molecule has 1 aliphatic rings. The summed E-state index contributed by atoms with van der Waals surface area (Å²) in [6.45, 7) is 0. The Hall–Kier alpha value is -3.46. The van der Waals surface area contributed by atoms with Gasteiger partial charge in [-0.2, -0.15) is 5.26 Å². The predicted octanol–water partition coefficient (Wildman–Crippen LogP) is 1.89. The smallest absolute Gasteiger partial charge is 0.267 e. The van der Waals surface area contributed by atoms with E-state index in [0.717, 1.165) is 0 Å². The highest BCUT2D eigenvalue weighted by atomic mass is 16.3. The van der Waals surface area contributed by atoms with Crippen LogP contribution in [0, 0.1) is 16.7 Å². The van der Waals surface area contributed by atoms with Crippen LogP contribution in [-0.2, 0) is 0 Å². The van der Waals surface area contributed by atoms with E-state index in [1.54, 1.807) is 12.1 Å². The number of amides is 2. The number of benzene rings is 2. The van der Waals surface area contributed by atoms with Gasteiger partial charge < -0.3 is 5.11 Å². The molecule has 6 nitrogen and oxygen atoms in total. The van der Waals surface area contributed by atoms with Crippen LogP contribution >= 0.6 is 0 Å². The van der Waals surface area contributed by atoms with Gasteiger partial charge in [0.15, 0.2) is 0 Å². The molecule has 2 aromatic carbocycles.